The molecular formula is C15H12N2O2. The number of nitrogens with zero attached hydrogens (tertiary/aromatic N) is 2. The molecule has 0 spiro atoms. The zero-order valence-corrected chi connectivity index (χ0v) is 10.4. The average Bonchev–Trinajstić information content (AvgIpc) is 2.83. The van der Waals surface area contributed by atoms with E-state index in [2.05, 4.69) is 5.10 Å². The molecule has 4 heteroatoms. The molecule has 94 valence electrons. The maximum Gasteiger partial charge on any atom is 0.335 e. The fourth-order valence-electron chi connectivity index (χ4n) is 2.13. The van der Waals surface area contributed by atoms with E-state index >= 15 is 0 Å². The number of hydrogen-bond acceptors (Lipinski definition) is 2. The molecule has 0 saturated carbocycles. The van der Waals surface area contributed by atoms with E-state index in [1.165, 1.54) is 0 Å². The third kappa shape index (κ3) is 1.87. The van der Waals surface area contributed by atoms with Crippen molar-refractivity contribution in [3.05, 3.63) is 59.8 Å². The van der Waals surface area contributed by atoms with Crippen LogP contribution in [0.4, 0.5) is 0 Å². The molecule has 0 atom stereocenters. The molecule has 1 aromatic heterocycles. The van der Waals surface area contributed by atoms with Crippen LogP contribution >= 0.6 is 0 Å². The summed E-state index contributed by atoms with van der Waals surface area (Å²) in [5.41, 5.74) is 3.01. The molecule has 3 aromatic rings. The van der Waals surface area contributed by atoms with Crippen molar-refractivity contribution >= 4 is 16.9 Å². The van der Waals surface area contributed by atoms with Crippen LogP contribution in [0.3, 0.4) is 0 Å². The lowest BCUT2D eigenvalue weighted by Crippen LogP contribution is -2.03. The lowest BCUT2D eigenvalue weighted by atomic mass is 10.1. The first-order chi connectivity index (χ1) is 9.16. The second kappa shape index (κ2) is 4.24. The summed E-state index contributed by atoms with van der Waals surface area (Å²) < 4.78 is 1.77. The number of benzene rings is 2. The standard InChI is InChI=1S/C15H12N2O2/c1-10-6-7-11(15(18)19)8-14(10)17-13-5-3-2-4-12(13)9-16-17/h2-9H,1H3,(H,18,19). The summed E-state index contributed by atoms with van der Waals surface area (Å²) in [7, 11) is 0. The van der Waals surface area contributed by atoms with Gasteiger partial charge in [-0.25, -0.2) is 9.48 Å². The van der Waals surface area contributed by atoms with E-state index in [1.807, 2.05) is 31.2 Å². The Morgan fingerprint density at radius 1 is 1.21 bits per heavy atom. The van der Waals surface area contributed by atoms with Crippen molar-refractivity contribution in [2.75, 3.05) is 0 Å². The minimum Gasteiger partial charge on any atom is -0.478 e. The number of aromatic nitrogens is 2. The molecule has 0 unspecified atom stereocenters. The van der Waals surface area contributed by atoms with Gasteiger partial charge >= 0.3 is 5.97 Å². The maximum absolute atomic E-state index is 11.1. The molecule has 0 bridgehead atoms. The SMILES string of the molecule is Cc1ccc(C(=O)O)cc1-n1ncc2ccccc21. The molecule has 19 heavy (non-hydrogen) atoms. The summed E-state index contributed by atoms with van der Waals surface area (Å²) in [4.78, 5) is 11.1. The average molecular weight is 252 g/mol. The van der Waals surface area contributed by atoms with E-state index in [0.717, 1.165) is 22.2 Å². The van der Waals surface area contributed by atoms with Crippen molar-refractivity contribution in [3.63, 3.8) is 0 Å². The molecule has 3 rings (SSSR count). The van der Waals surface area contributed by atoms with Crippen molar-refractivity contribution < 1.29 is 9.90 Å². The van der Waals surface area contributed by atoms with Gasteiger partial charge in [-0.3, -0.25) is 0 Å². The van der Waals surface area contributed by atoms with Crippen LogP contribution in [0.15, 0.2) is 48.7 Å². The largest absolute Gasteiger partial charge is 0.478 e. The molecule has 0 aliphatic heterocycles. The Labute approximate surface area is 109 Å². The summed E-state index contributed by atoms with van der Waals surface area (Å²) in [6.07, 6.45) is 1.78. The number of aryl methyl sites for hydroxylation is 1. The first kappa shape index (κ1) is 11.5. The minimum atomic E-state index is -0.933. The van der Waals surface area contributed by atoms with Gasteiger partial charge in [-0.05, 0) is 30.7 Å². The van der Waals surface area contributed by atoms with Gasteiger partial charge in [-0.1, -0.05) is 24.3 Å². The quantitative estimate of drug-likeness (QED) is 0.762. The van der Waals surface area contributed by atoms with Gasteiger partial charge in [0, 0.05) is 5.39 Å². The number of para-hydroxylation sites is 1. The Morgan fingerprint density at radius 3 is 2.79 bits per heavy atom. The van der Waals surface area contributed by atoms with E-state index in [1.54, 1.807) is 29.1 Å². The van der Waals surface area contributed by atoms with Gasteiger partial charge in [0.1, 0.15) is 0 Å². The van der Waals surface area contributed by atoms with Crippen LogP contribution in [-0.4, -0.2) is 20.9 Å². The summed E-state index contributed by atoms with van der Waals surface area (Å²) in [6.45, 7) is 1.94. The zero-order valence-electron chi connectivity index (χ0n) is 10.4. The Kier molecular flexibility index (Phi) is 2.56. The van der Waals surface area contributed by atoms with Gasteiger partial charge in [0.05, 0.1) is 23.0 Å². The van der Waals surface area contributed by atoms with Gasteiger partial charge in [0.2, 0.25) is 0 Å². The van der Waals surface area contributed by atoms with Crippen molar-refractivity contribution in [1.29, 1.82) is 0 Å². The predicted octanol–water partition coefficient (Wildman–Crippen LogP) is 3.03. The first-order valence-corrected chi connectivity index (χ1v) is 5.94. The summed E-state index contributed by atoms with van der Waals surface area (Å²) in [5.74, 6) is -0.933. The molecule has 0 aliphatic rings. The van der Waals surface area contributed by atoms with Crippen molar-refractivity contribution in [3.8, 4) is 5.69 Å². The number of carboxylic acids is 1. The molecule has 0 saturated heterocycles. The van der Waals surface area contributed by atoms with Crippen molar-refractivity contribution in [2.45, 2.75) is 6.92 Å². The third-order valence-corrected chi connectivity index (χ3v) is 3.16. The predicted molar refractivity (Wildman–Crippen MR) is 72.8 cm³/mol. The molecule has 0 radical (unpaired) electrons. The Hall–Kier alpha value is -2.62. The molecule has 1 N–H and O–H groups in total. The Balaban J connectivity index is 2.26. The minimum absolute atomic E-state index is 0.264. The molecule has 4 nitrogen and oxygen atoms in total. The van der Waals surface area contributed by atoms with Crippen LogP contribution in [0.25, 0.3) is 16.6 Å². The zero-order chi connectivity index (χ0) is 13.4. The molecule has 2 aromatic carbocycles. The van der Waals surface area contributed by atoms with Crippen LogP contribution in [0, 0.1) is 6.92 Å². The number of fused-ring (bicyclic) bond motifs is 1. The fourth-order valence-corrected chi connectivity index (χ4v) is 2.13. The smallest absolute Gasteiger partial charge is 0.335 e. The van der Waals surface area contributed by atoms with E-state index in [0.29, 0.717) is 0 Å². The highest BCUT2D eigenvalue weighted by Crippen LogP contribution is 2.21. The highest BCUT2D eigenvalue weighted by molar-refractivity contribution is 5.89. The van der Waals surface area contributed by atoms with E-state index in [4.69, 9.17) is 5.11 Å². The molecule has 0 amide bonds. The normalized spacial score (nSPS) is 10.8. The summed E-state index contributed by atoms with van der Waals surface area (Å²) >= 11 is 0. The Morgan fingerprint density at radius 2 is 2.00 bits per heavy atom. The summed E-state index contributed by atoms with van der Waals surface area (Å²) in [6, 6.07) is 12.9. The second-order valence-corrected chi connectivity index (χ2v) is 4.42. The van der Waals surface area contributed by atoms with E-state index in [-0.39, 0.29) is 5.56 Å². The number of rotatable bonds is 2. The van der Waals surface area contributed by atoms with Crippen LogP contribution in [-0.2, 0) is 0 Å². The monoisotopic (exact) mass is 252 g/mol. The van der Waals surface area contributed by atoms with Crippen LogP contribution < -0.4 is 0 Å². The molecule has 0 aliphatic carbocycles. The number of hydrogen-bond donors (Lipinski definition) is 1. The van der Waals surface area contributed by atoms with Crippen LogP contribution in [0.5, 0.6) is 0 Å². The van der Waals surface area contributed by atoms with Crippen LogP contribution in [0.1, 0.15) is 15.9 Å². The number of carboxylic acid groups (broad SMARTS) is 1. The van der Waals surface area contributed by atoms with Crippen molar-refractivity contribution in [1.82, 2.24) is 9.78 Å². The highest BCUT2D eigenvalue weighted by atomic mass is 16.4. The van der Waals surface area contributed by atoms with Gasteiger partial charge in [-0.2, -0.15) is 5.10 Å². The maximum atomic E-state index is 11.1. The van der Waals surface area contributed by atoms with E-state index in [9.17, 15) is 4.79 Å². The van der Waals surface area contributed by atoms with Gasteiger partial charge in [-0.15, -0.1) is 0 Å². The molecule has 1 heterocycles. The van der Waals surface area contributed by atoms with Gasteiger partial charge in [0.15, 0.2) is 0 Å². The van der Waals surface area contributed by atoms with Gasteiger partial charge in [0.25, 0.3) is 0 Å². The third-order valence-electron chi connectivity index (χ3n) is 3.16. The topological polar surface area (TPSA) is 55.1 Å². The number of carbonyl (C=O) groups is 1. The lowest BCUT2D eigenvalue weighted by molar-refractivity contribution is 0.0697. The van der Waals surface area contributed by atoms with Gasteiger partial charge < -0.3 is 5.11 Å². The van der Waals surface area contributed by atoms with Crippen molar-refractivity contribution in [2.24, 2.45) is 0 Å². The molecule has 0 fully saturated rings. The molecular weight excluding hydrogens is 240 g/mol. The van der Waals surface area contributed by atoms with Crippen LogP contribution in [0.2, 0.25) is 0 Å². The number of aromatic carboxylic acids is 1. The lowest BCUT2D eigenvalue weighted by Gasteiger charge is -2.08. The highest BCUT2D eigenvalue weighted by Gasteiger charge is 2.10. The Bertz CT molecular complexity index is 775. The summed E-state index contributed by atoms with van der Waals surface area (Å²) in [5, 5.41) is 14.5. The first-order valence-electron chi connectivity index (χ1n) is 5.94. The van der Waals surface area contributed by atoms with E-state index < -0.39 is 5.97 Å². The second-order valence-electron chi connectivity index (χ2n) is 4.42. The fraction of sp³-hybridized carbons (Fsp3) is 0.0667.